The first-order chi connectivity index (χ1) is 8.49. The summed E-state index contributed by atoms with van der Waals surface area (Å²) in [5.74, 6) is -1.97. The molecule has 0 aliphatic rings. The van der Waals surface area contributed by atoms with Gasteiger partial charge in [-0.15, -0.1) is 23.5 Å². The quantitative estimate of drug-likeness (QED) is 0.661. The summed E-state index contributed by atoms with van der Waals surface area (Å²) >= 11 is 2.30. The first-order valence-electron chi connectivity index (χ1n) is 4.94. The molecule has 0 saturated carbocycles. The van der Waals surface area contributed by atoms with Crippen LogP contribution in [0.5, 0.6) is 5.75 Å². The van der Waals surface area contributed by atoms with Gasteiger partial charge >= 0.3 is 11.9 Å². The summed E-state index contributed by atoms with van der Waals surface area (Å²) in [4.78, 5) is 21.1. The highest BCUT2D eigenvalue weighted by Crippen LogP contribution is 2.39. The molecule has 0 radical (unpaired) electrons. The molecule has 0 unspecified atom stereocenters. The lowest BCUT2D eigenvalue weighted by Gasteiger charge is -2.14. The van der Waals surface area contributed by atoms with Crippen molar-refractivity contribution < 1.29 is 24.9 Å². The van der Waals surface area contributed by atoms with Gasteiger partial charge in [0, 0.05) is 0 Å². The fraction of sp³-hybridized carbons (Fsp3) is 0.273. The third-order valence-electron chi connectivity index (χ3n) is 1.88. The number of benzene rings is 1. The zero-order valence-electron chi connectivity index (χ0n) is 9.28. The highest BCUT2D eigenvalue weighted by molar-refractivity contribution is 8.16. The Morgan fingerprint density at radius 3 is 1.83 bits per heavy atom. The zero-order chi connectivity index (χ0) is 13.5. The topological polar surface area (TPSA) is 94.8 Å². The summed E-state index contributed by atoms with van der Waals surface area (Å²) in [6.07, 6.45) is 0. The molecule has 0 spiro atoms. The lowest BCUT2D eigenvalue weighted by molar-refractivity contribution is -0.134. The number of phenolic OH excluding ortho intramolecular Hbond substituents is 1. The molecule has 0 heterocycles. The fourth-order valence-electron chi connectivity index (χ4n) is 1.17. The number of aliphatic carboxylic acids is 2. The lowest BCUT2D eigenvalue weighted by atomic mass is 10.2. The SMILES string of the molecule is O=C(O)CSC(SCC(=O)O)c1ccc(O)cc1. The van der Waals surface area contributed by atoms with Crippen LogP contribution >= 0.6 is 23.5 Å². The number of phenols is 1. The van der Waals surface area contributed by atoms with Gasteiger partial charge in [-0.25, -0.2) is 0 Å². The molecule has 0 aliphatic carbocycles. The molecule has 18 heavy (non-hydrogen) atoms. The Hall–Kier alpha value is -1.34. The van der Waals surface area contributed by atoms with Gasteiger partial charge < -0.3 is 15.3 Å². The van der Waals surface area contributed by atoms with Crippen molar-refractivity contribution in [3.8, 4) is 5.75 Å². The van der Waals surface area contributed by atoms with Crippen molar-refractivity contribution in [2.45, 2.75) is 4.58 Å². The van der Waals surface area contributed by atoms with Gasteiger partial charge in [-0.1, -0.05) is 12.1 Å². The summed E-state index contributed by atoms with van der Waals surface area (Å²) in [6, 6.07) is 6.30. The Bertz CT molecular complexity index is 400. The second kappa shape index (κ2) is 7.17. The number of thioether (sulfide) groups is 2. The Kier molecular flexibility index (Phi) is 5.87. The number of carbonyl (C=O) groups is 2. The van der Waals surface area contributed by atoms with Crippen molar-refractivity contribution >= 4 is 35.5 Å². The summed E-state index contributed by atoms with van der Waals surface area (Å²) in [5, 5.41) is 26.5. The van der Waals surface area contributed by atoms with E-state index in [4.69, 9.17) is 10.2 Å². The highest BCUT2D eigenvalue weighted by Gasteiger charge is 2.16. The van der Waals surface area contributed by atoms with Crippen molar-refractivity contribution in [3.63, 3.8) is 0 Å². The third-order valence-corrected chi connectivity index (χ3v) is 4.68. The average Bonchev–Trinajstić information content (AvgIpc) is 2.30. The molecule has 0 atom stereocenters. The maximum Gasteiger partial charge on any atom is 0.313 e. The van der Waals surface area contributed by atoms with Crippen molar-refractivity contribution in [2.75, 3.05) is 11.5 Å². The van der Waals surface area contributed by atoms with E-state index in [1.165, 1.54) is 12.1 Å². The van der Waals surface area contributed by atoms with Crippen molar-refractivity contribution in [2.24, 2.45) is 0 Å². The van der Waals surface area contributed by atoms with Crippen LogP contribution in [0.25, 0.3) is 0 Å². The predicted molar refractivity (Wildman–Crippen MR) is 71.0 cm³/mol. The van der Waals surface area contributed by atoms with Gasteiger partial charge in [0.25, 0.3) is 0 Å². The molecule has 5 nitrogen and oxygen atoms in total. The van der Waals surface area contributed by atoms with Gasteiger partial charge in [0.05, 0.1) is 16.1 Å². The standard InChI is InChI=1S/C11H12O5S2/c12-8-3-1-7(2-4-8)11(17-5-9(13)14)18-6-10(15)16/h1-4,11-12H,5-6H2,(H,13,14)(H,15,16). The van der Waals surface area contributed by atoms with Gasteiger partial charge in [-0.2, -0.15) is 0 Å². The normalized spacial score (nSPS) is 10.5. The first-order valence-corrected chi connectivity index (χ1v) is 7.04. The predicted octanol–water partition coefficient (Wildman–Crippen LogP) is 2.03. The van der Waals surface area contributed by atoms with E-state index in [2.05, 4.69) is 0 Å². The van der Waals surface area contributed by atoms with Crippen LogP contribution in [0.4, 0.5) is 0 Å². The largest absolute Gasteiger partial charge is 0.508 e. The van der Waals surface area contributed by atoms with E-state index in [1.807, 2.05) is 0 Å². The molecule has 3 N–H and O–H groups in total. The summed E-state index contributed by atoms with van der Waals surface area (Å²) < 4.78 is -0.280. The van der Waals surface area contributed by atoms with Gasteiger partial charge in [-0.05, 0) is 17.7 Å². The minimum Gasteiger partial charge on any atom is -0.508 e. The van der Waals surface area contributed by atoms with E-state index in [1.54, 1.807) is 12.1 Å². The van der Waals surface area contributed by atoms with Crippen molar-refractivity contribution in [1.29, 1.82) is 0 Å². The van der Waals surface area contributed by atoms with Crippen LogP contribution in [-0.2, 0) is 9.59 Å². The minimum atomic E-state index is -0.945. The molecule has 98 valence electrons. The molecule has 0 aliphatic heterocycles. The molecule has 0 fully saturated rings. The average molecular weight is 288 g/mol. The molecule has 7 heteroatoms. The second-order valence-electron chi connectivity index (χ2n) is 3.33. The first kappa shape index (κ1) is 14.7. The van der Waals surface area contributed by atoms with Crippen molar-refractivity contribution in [1.82, 2.24) is 0 Å². The second-order valence-corrected chi connectivity index (χ2v) is 5.82. The zero-order valence-corrected chi connectivity index (χ0v) is 10.9. The molecular formula is C11H12O5S2. The van der Waals surface area contributed by atoms with Crippen LogP contribution in [-0.4, -0.2) is 38.8 Å². The summed E-state index contributed by atoms with van der Waals surface area (Å²) in [7, 11) is 0. The van der Waals surface area contributed by atoms with Crippen LogP contribution in [0.3, 0.4) is 0 Å². The maximum atomic E-state index is 10.5. The number of carboxylic acid groups (broad SMARTS) is 2. The van der Waals surface area contributed by atoms with E-state index in [0.29, 0.717) is 0 Å². The van der Waals surface area contributed by atoms with Crippen LogP contribution in [0, 0.1) is 0 Å². The van der Waals surface area contributed by atoms with Crippen LogP contribution in [0.1, 0.15) is 10.1 Å². The minimum absolute atomic E-state index is 0.0990. The molecule has 0 aromatic heterocycles. The number of hydrogen-bond donors (Lipinski definition) is 3. The van der Waals surface area contributed by atoms with Crippen LogP contribution in [0.2, 0.25) is 0 Å². The Balaban J connectivity index is 2.71. The fourth-order valence-corrected chi connectivity index (χ4v) is 3.25. The lowest BCUT2D eigenvalue weighted by Crippen LogP contribution is -2.04. The smallest absolute Gasteiger partial charge is 0.313 e. The van der Waals surface area contributed by atoms with Gasteiger partial charge in [0.2, 0.25) is 0 Å². The molecule has 1 aromatic rings. The highest BCUT2D eigenvalue weighted by atomic mass is 32.2. The monoisotopic (exact) mass is 288 g/mol. The summed E-state index contributed by atoms with van der Waals surface area (Å²) in [6.45, 7) is 0. The molecule has 0 saturated heterocycles. The third kappa shape index (κ3) is 5.33. The number of carboxylic acids is 2. The van der Waals surface area contributed by atoms with Crippen LogP contribution < -0.4 is 0 Å². The molecule has 1 aromatic carbocycles. The number of aromatic hydroxyl groups is 1. The van der Waals surface area contributed by atoms with E-state index >= 15 is 0 Å². The van der Waals surface area contributed by atoms with Crippen molar-refractivity contribution in [3.05, 3.63) is 29.8 Å². The Morgan fingerprint density at radius 2 is 1.44 bits per heavy atom. The Labute approximate surface area is 112 Å². The van der Waals surface area contributed by atoms with Gasteiger partial charge in [0.1, 0.15) is 5.75 Å². The number of hydrogen-bond acceptors (Lipinski definition) is 5. The maximum absolute atomic E-state index is 10.5. The molecule has 1 rings (SSSR count). The van der Waals surface area contributed by atoms with E-state index in [-0.39, 0.29) is 21.8 Å². The Morgan fingerprint density at radius 1 is 1.00 bits per heavy atom. The van der Waals surface area contributed by atoms with E-state index in [9.17, 15) is 14.7 Å². The molecule has 0 amide bonds. The number of rotatable bonds is 7. The summed E-state index contributed by atoms with van der Waals surface area (Å²) in [5.41, 5.74) is 0.783. The van der Waals surface area contributed by atoms with Gasteiger partial charge in [-0.3, -0.25) is 9.59 Å². The van der Waals surface area contributed by atoms with E-state index < -0.39 is 11.9 Å². The van der Waals surface area contributed by atoms with Gasteiger partial charge in [0.15, 0.2) is 0 Å². The molecule has 0 bridgehead atoms. The van der Waals surface area contributed by atoms with Crippen LogP contribution in [0.15, 0.2) is 24.3 Å². The molecular weight excluding hydrogens is 276 g/mol. The van der Waals surface area contributed by atoms with E-state index in [0.717, 1.165) is 29.1 Å².